The summed E-state index contributed by atoms with van der Waals surface area (Å²) >= 11 is 0. The number of sulfonamides is 1. The van der Waals surface area contributed by atoms with Crippen LogP contribution < -0.4 is 10.5 Å². The first-order valence-electron chi connectivity index (χ1n) is 9.77. The molecular weight excluding hydrogens is 418 g/mol. The molecule has 1 aromatic heterocycles. The number of fused-ring (bicyclic) bond motifs is 1. The molecule has 0 bridgehead atoms. The summed E-state index contributed by atoms with van der Waals surface area (Å²) < 4.78 is 38.9. The van der Waals surface area contributed by atoms with Gasteiger partial charge >= 0.3 is 0 Å². The largest absolute Gasteiger partial charge is 0.496 e. The van der Waals surface area contributed by atoms with Crippen molar-refractivity contribution in [1.29, 1.82) is 0 Å². The molecule has 3 aromatic rings. The lowest BCUT2D eigenvalue weighted by Gasteiger charge is -2.32. The smallest absolute Gasteiger partial charge is 0.249 e. The number of nitrogens with two attached hydrogens (primary N) is 1. The van der Waals surface area contributed by atoms with Crippen molar-refractivity contribution < 1.29 is 22.7 Å². The minimum atomic E-state index is -3.74. The number of carbonyl (C=O) groups excluding carboxylic acids is 1. The summed E-state index contributed by atoms with van der Waals surface area (Å²) in [5, 5.41) is 0.646. The van der Waals surface area contributed by atoms with E-state index in [0.29, 0.717) is 27.9 Å². The van der Waals surface area contributed by atoms with Crippen molar-refractivity contribution in [3.05, 3.63) is 65.4 Å². The highest BCUT2D eigenvalue weighted by Gasteiger charge is 2.33. The molecule has 1 saturated heterocycles. The predicted octanol–water partition coefficient (Wildman–Crippen LogP) is 2.41. The van der Waals surface area contributed by atoms with Crippen molar-refractivity contribution in [2.45, 2.75) is 17.9 Å². The Morgan fingerprint density at radius 2 is 2.00 bits per heavy atom. The van der Waals surface area contributed by atoms with E-state index in [4.69, 9.17) is 15.2 Å². The summed E-state index contributed by atoms with van der Waals surface area (Å²) in [6.07, 6.45) is -0.620. The molecule has 0 unspecified atom stereocenters. The zero-order valence-electron chi connectivity index (χ0n) is 17.2. The number of nitrogens with zero attached hydrogens (tertiary/aromatic N) is 2. The molecule has 9 heteroatoms. The number of para-hydroxylation sites is 1. The van der Waals surface area contributed by atoms with Gasteiger partial charge in [-0.1, -0.05) is 18.2 Å². The fourth-order valence-electron chi connectivity index (χ4n) is 3.75. The minimum absolute atomic E-state index is 0.0803. The first kappa shape index (κ1) is 21.2. The fourth-order valence-corrected chi connectivity index (χ4v) is 5.26. The van der Waals surface area contributed by atoms with Gasteiger partial charge in [0.2, 0.25) is 15.9 Å². The number of rotatable bonds is 5. The number of hydrogen-bond acceptors (Lipinski definition) is 6. The van der Waals surface area contributed by atoms with Crippen molar-refractivity contribution in [3.8, 4) is 5.75 Å². The molecule has 4 rings (SSSR count). The van der Waals surface area contributed by atoms with E-state index in [1.165, 1.54) is 10.4 Å². The lowest BCUT2D eigenvalue weighted by atomic mass is 10.0. The number of benzene rings is 2. The second-order valence-electron chi connectivity index (χ2n) is 7.33. The van der Waals surface area contributed by atoms with Gasteiger partial charge in [0.05, 0.1) is 35.4 Å². The second-order valence-corrected chi connectivity index (χ2v) is 9.27. The van der Waals surface area contributed by atoms with Gasteiger partial charge in [0.25, 0.3) is 0 Å². The van der Waals surface area contributed by atoms with Crippen molar-refractivity contribution >= 4 is 26.8 Å². The van der Waals surface area contributed by atoms with Crippen molar-refractivity contribution in [3.63, 3.8) is 0 Å². The van der Waals surface area contributed by atoms with E-state index in [1.54, 1.807) is 50.4 Å². The Morgan fingerprint density at radius 1 is 1.23 bits per heavy atom. The van der Waals surface area contributed by atoms with Crippen LogP contribution in [0.5, 0.6) is 5.75 Å². The highest BCUT2D eigenvalue weighted by Crippen LogP contribution is 2.30. The number of morpholine rings is 1. The normalized spacial score (nSPS) is 17.5. The molecule has 31 heavy (non-hydrogen) atoms. The van der Waals surface area contributed by atoms with Gasteiger partial charge in [0, 0.05) is 18.5 Å². The van der Waals surface area contributed by atoms with E-state index in [2.05, 4.69) is 4.98 Å². The average Bonchev–Trinajstić information content (AvgIpc) is 2.78. The van der Waals surface area contributed by atoms with Crippen LogP contribution in [0.4, 0.5) is 0 Å². The van der Waals surface area contributed by atoms with Gasteiger partial charge in [-0.2, -0.15) is 4.31 Å². The standard InChI is InChI=1S/C22H23N3O5S/c1-14-11-15(7-8-20(14)29-2)31(27,28)25-9-10-30-21(13-25)19-12-17(22(23)26)16-5-3-4-6-18(16)24-19/h3-8,11-12,21H,9-10,13H2,1-2H3,(H2,23,26)/t21-/m1/s1. The number of pyridine rings is 1. The van der Waals surface area contributed by atoms with E-state index < -0.39 is 22.0 Å². The van der Waals surface area contributed by atoms with Crippen molar-refractivity contribution in [1.82, 2.24) is 9.29 Å². The van der Waals surface area contributed by atoms with Crippen molar-refractivity contribution in [2.24, 2.45) is 5.73 Å². The Hall–Kier alpha value is -3.01. The van der Waals surface area contributed by atoms with Gasteiger partial charge in [-0.05, 0) is 42.8 Å². The summed E-state index contributed by atoms with van der Waals surface area (Å²) in [5.41, 5.74) is 7.70. The summed E-state index contributed by atoms with van der Waals surface area (Å²) in [6.45, 7) is 2.31. The number of primary amides is 1. The molecule has 0 spiro atoms. The lowest BCUT2D eigenvalue weighted by molar-refractivity contribution is -0.00479. The van der Waals surface area contributed by atoms with E-state index in [0.717, 1.165) is 5.56 Å². The maximum atomic E-state index is 13.2. The number of hydrogen-bond donors (Lipinski definition) is 1. The monoisotopic (exact) mass is 441 g/mol. The molecule has 162 valence electrons. The molecular formula is C22H23N3O5S. The van der Waals surface area contributed by atoms with Gasteiger partial charge in [0.1, 0.15) is 11.9 Å². The SMILES string of the molecule is COc1ccc(S(=O)(=O)N2CCO[C@@H](c3cc(C(N)=O)c4ccccc4n3)C2)cc1C. The predicted molar refractivity (Wildman–Crippen MR) is 115 cm³/mol. The Bertz CT molecular complexity index is 1260. The average molecular weight is 442 g/mol. The van der Waals surface area contributed by atoms with Crippen LogP contribution >= 0.6 is 0 Å². The molecule has 1 fully saturated rings. The maximum Gasteiger partial charge on any atom is 0.249 e. The van der Waals surface area contributed by atoms with Crippen LogP contribution in [0, 0.1) is 6.92 Å². The zero-order valence-corrected chi connectivity index (χ0v) is 18.1. The number of aromatic nitrogens is 1. The Labute approximate surface area is 180 Å². The third-order valence-corrected chi connectivity index (χ3v) is 7.23. The van der Waals surface area contributed by atoms with Gasteiger partial charge in [-0.3, -0.25) is 4.79 Å². The molecule has 0 aliphatic carbocycles. The molecule has 1 atom stereocenters. The molecule has 2 N–H and O–H groups in total. The van der Waals surface area contributed by atoms with Crippen LogP contribution in [0.25, 0.3) is 10.9 Å². The molecule has 1 aliphatic heterocycles. The van der Waals surface area contributed by atoms with Crippen LogP contribution in [-0.4, -0.2) is 50.4 Å². The lowest BCUT2D eigenvalue weighted by Crippen LogP contribution is -2.42. The third-order valence-electron chi connectivity index (χ3n) is 5.36. The fraction of sp³-hybridized carbons (Fsp3) is 0.273. The van der Waals surface area contributed by atoms with Crippen LogP contribution in [0.3, 0.4) is 0 Å². The van der Waals surface area contributed by atoms with E-state index >= 15 is 0 Å². The summed E-state index contributed by atoms with van der Waals surface area (Å²) in [4.78, 5) is 16.8. The number of methoxy groups -OCH3 is 1. The third kappa shape index (κ3) is 3.99. The van der Waals surface area contributed by atoms with Gasteiger partial charge in [-0.25, -0.2) is 13.4 Å². The van der Waals surface area contributed by atoms with Crippen molar-refractivity contribution in [2.75, 3.05) is 26.8 Å². The van der Waals surface area contributed by atoms with Crippen LogP contribution in [0.1, 0.15) is 27.7 Å². The zero-order chi connectivity index (χ0) is 22.2. The molecule has 1 aliphatic rings. The highest BCUT2D eigenvalue weighted by atomic mass is 32.2. The topological polar surface area (TPSA) is 112 Å². The molecule has 2 heterocycles. The number of amides is 1. The molecule has 0 saturated carbocycles. The molecule has 1 amide bonds. The second kappa shape index (κ2) is 8.26. The van der Waals surface area contributed by atoms with Gasteiger partial charge < -0.3 is 15.2 Å². The maximum absolute atomic E-state index is 13.2. The number of carbonyl (C=O) groups is 1. The summed E-state index contributed by atoms with van der Waals surface area (Å²) in [6, 6.07) is 13.5. The molecule has 2 aromatic carbocycles. The van der Waals surface area contributed by atoms with Gasteiger partial charge in [0.15, 0.2) is 0 Å². The van der Waals surface area contributed by atoms with E-state index in [1.807, 2.05) is 6.07 Å². The minimum Gasteiger partial charge on any atom is -0.496 e. The van der Waals surface area contributed by atoms with Crippen LogP contribution in [-0.2, 0) is 14.8 Å². The van der Waals surface area contributed by atoms with Gasteiger partial charge in [-0.15, -0.1) is 0 Å². The quantitative estimate of drug-likeness (QED) is 0.651. The first-order chi connectivity index (χ1) is 14.8. The van der Waals surface area contributed by atoms with E-state index in [9.17, 15) is 13.2 Å². The summed E-state index contributed by atoms with van der Waals surface area (Å²) in [5.74, 6) is 0.0481. The van der Waals surface area contributed by atoms with Crippen LogP contribution in [0.15, 0.2) is 53.4 Å². The molecule has 8 nitrogen and oxygen atoms in total. The van der Waals surface area contributed by atoms with Crippen LogP contribution in [0.2, 0.25) is 0 Å². The van der Waals surface area contributed by atoms with E-state index in [-0.39, 0.29) is 24.6 Å². The summed E-state index contributed by atoms with van der Waals surface area (Å²) in [7, 11) is -2.20. The Kier molecular flexibility index (Phi) is 5.65. The molecule has 0 radical (unpaired) electrons. The Morgan fingerprint density at radius 3 is 2.71 bits per heavy atom. The first-order valence-corrected chi connectivity index (χ1v) is 11.2. The highest BCUT2D eigenvalue weighted by molar-refractivity contribution is 7.89. The number of ether oxygens (including phenoxy) is 2. The Balaban J connectivity index is 1.67. The number of aryl methyl sites for hydroxylation is 1.